The van der Waals surface area contributed by atoms with Gasteiger partial charge in [0.2, 0.25) is 0 Å². The molecule has 0 spiro atoms. The monoisotopic (exact) mass is 455 g/mol. The Morgan fingerprint density at radius 2 is 1.76 bits per heavy atom. The minimum Gasteiger partial charge on any atom is -0.489 e. The van der Waals surface area contributed by atoms with Gasteiger partial charge in [0.15, 0.2) is 0 Å². The van der Waals surface area contributed by atoms with Crippen LogP contribution in [0.25, 0.3) is 6.08 Å². The van der Waals surface area contributed by atoms with E-state index < -0.39 is 5.97 Å². The zero-order valence-electron chi connectivity index (χ0n) is 19.6. The lowest BCUT2D eigenvalue weighted by atomic mass is 10.0. The van der Waals surface area contributed by atoms with E-state index >= 15 is 0 Å². The van der Waals surface area contributed by atoms with E-state index in [2.05, 4.69) is 6.58 Å². The summed E-state index contributed by atoms with van der Waals surface area (Å²) < 4.78 is 10.8. The van der Waals surface area contributed by atoms with Gasteiger partial charge in [-0.1, -0.05) is 79.4 Å². The molecule has 0 unspecified atom stereocenters. The van der Waals surface area contributed by atoms with Crippen molar-refractivity contribution in [3.63, 3.8) is 0 Å². The van der Waals surface area contributed by atoms with Crippen LogP contribution >= 0.6 is 0 Å². The van der Waals surface area contributed by atoms with Crippen LogP contribution in [-0.2, 0) is 20.9 Å². The molecule has 174 valence electrons. The van der Waals surface area contributed by atoms with E-state index in [0.717, 1.165) is 16.9 Å². The number of hydrogen-bond donors (Lipinski definition) is 0. The van der Waals surface area contributed by atoms with Crippen molar-refractivity contribution in [2.24, 2.45) is 0 Å². The first-order chi connectivity index (χ1) is 16.5. The Labute approximate surface area is 201 Å². The number of nitrogens with zero attached hydrogens (tertiary/aromatic N) is 1. The maximum absolute atomic E-state index is 13.2. The first-order valence-electron chi connectivity index (χ1n) is 11.1. The summed E-state index contributed by atoms with van der Waals surface area (Å²) in [6.07, 6.45) is 11.6. The third kappa shape index (κ3) is 6.23. The van der Waals surface area contributed by atoms with Crippen molar-refractivity contribution in [2.45, 2.75) is 20.0 Å². The Balaban J connectivity index is 1.75. The van der Waals surface area contributed by atoms with Gasteiger partial charge in [0, 0.05) is 12.2 Å². The van der Waals surface area contributed by atoms with Crippen molar-refractivity contribution >= 4 is 18.0 Å². The Hall–Kier alpha value is -4.12. The van der Waals surface area contributed by atoms with Gasteiger partial charge in [-0.2, -0.15) is 0 Å². The van der Waals surface area contributed by atoms with Gasteiger partial charge in [-0.3, -0.25) is 4.79 Å². The van der Waals surface area contributed by atoms with Gasteiger partial charge in [0.25, 0.3) is 5.91 Å². The van der Waals surface area contributed by atoms with Gasteiger partial charge in [-0.05, 0) is 42.7 Å². The SMILES string of the molecule is C=CC=CC=CCCN1C(=O)C(=Cc2ccc(OCc3ccccc3)cc2)C(C(=O)OC)=C1C. The molecule has 0 saturated heterocycles. The molecule has 1 aliphatic rings. The number of amides is 1. The fraction of sp³-hybridized carbons (Fsp3) is 0.172. The second kappa shape index (κ2) is 12.2. The smallest absolute Gasteiger partial charge is 0.340 e. The van der Waals surface area contributed by atoms with E-state index in [9.17, 15) is 9.59 Å². The highest BCUT2D eigenvalue weighted by Crippen LogP contribution is 2.32. The molecule has 1 heterocycles. The van der Waals surface area contributed by atoms with Gasteiger partial charge < -0.3 is 14.4 Å². The lowest BCUT2D eigenvalue weighted by molar-refractivity contribution is -0.136. The molecule has 0 radical (unpaired) electrons. The number of carbonyl (C=O) groups is 2. The van der Waals surface area contributed by atoms with Crippen LogP contribution in [0.4, 0.5) is 0 Å². The average Bonchev–Trinajstić information content (AvgIpc) is 3.09. The van der Waals surface area contributed by atoms with E-state index in [1.807, 2.05) is 78.9 Å². The Morgan fingerprint density at radius 1 is 1.03 bits per heavy atom. The molecule has 3 rings (SSSR count). The van der Waals surface area contributed by atoms with Crippen LogP contribution < -0.4 is 4.74 Å². The standard InChI is InChI=1S/C29H29NO4/c1-4-5-6-7-8-12-19-30-22(2)27(29(32)33-3)26(28(30)31)20-23-15-17-25(18-16-23)34-21-24-13-10-9-11-14-24/h4-11,13-18,20H,1,12,19,21H2,2-3H3. The van der Waals surface area contributed by atoms with Crippen molar-refractivity contribution in [3.05, 3.63) is 120 Å². The molecule has 1 aliphatic heterocycles. The fourth-order valence-corrected chi connectivity index (χ4v) is 3.59. The molecule has 5 heteroatoms. The summed E-state index contributed by atoms with van der Waals surface area (Å²) in [6.45, 7) is 6.34. The molecule has 0 atom stereocenters. The summed E-state index contributed by atoms with van der Waals surface area (Å²) in [5.41, 5.74) is 3.10. The van der Waals surface area contributed by atoms with E-state index in [1.54, 1.807) is 24.0 Å². The van der Waals surface area contributed by atoms with Crippen LogP contribution in [0, 0.1) is 0 Å². The predicted molar refractivity (Wildman–Crippen MR) is 135 cm³/mol. The number of allylic oxidation sites excluding steroid dienone is 5. The van der Waals surface area contributed by atoms with E-state index in [4.69, 9.17) is 9.47 Å². The van der Waals surface area contributed by atoms with Gasteiger partial charge in [-0.15, -0.1) is 0 Å². The first-order valence-corrected chi connectivity index (χ1v) is 11.1. The summed E-state index contributed by atoms with van der Waals surface area (Å²) in [5, 5.41) is 0. The number of esters is 1. The molecule has 2 aromatic rings. The molecule has 0 aromatic heterocycles. The molecule has 34 heavy (non-hydrogen) atoms. The summed E-state index contributed by atoms with van der Waals surface area (Å²) in [4.78, 5) is 27.3. The van der Waals surface area contributed by atoms with E-state index in [1.165, 1.54) is 7.11 Å². The summed E-state index contributed by atoms with van der Waals surface area (Å²) >= 11 is 0. The highest BCUT2D eigenvalue weighted by molar-refractivity contribution is 6.16. The Bertz CT molecular complexity index is 1140. The molecule has 2 aromatic carbocycles. The number of rotatable bonds is 10. The zero-order chi connectivity index (χ0) is 24.3. The molecular formula is C29H29NO4. The first kappa shape index (κ1) is 24.5. The number of benzene rings is 2. The summed E-state index contributed by atoms with van der Waals surface area (Å²) in [5.74, 6) is -0.00760. The number of hydrogen-bond acceptors (Lipinski definition) is 4. The van der Waals surface area contributed by atoms with Gasteiger partial charge in [0.1, 0.15) is 12.4 Å². The molecule has 5 nitrogen and oxygen atoms in total. The number of carbonyl (C=O) groups excluding carboxylic acids is 2. The molecule has 1 amide bonds. The number of methoxy groups -OCH3 is 1. The second-order valence-electron chi connectivity index (χ2n) is 7.65. The molecule has 0 bridgehead atoms. The number of ether oxygens (including phenoxy) is 2. The average molecular weight is 456 g/mol. The van der Waals surface area contributed by atoms with Crippen LogP contribution in [-0.4, -0.2) is 30.4 Å². The minimum atomic E-state index is -0.521. The highest BCUT2D eigenvalue weighted by Gasteiger charge is 2.36. The minimum absolute atomic E-state index is 0.211. The summed E-state index contributed by atoms with van der Waals surface area (Å²) in [7, 11) is 1.32. The lowest BCUT2D eigenvalue weighted by Gasteiger charge is -2.16. The lowest BCUT2D eigenvalue weighted by Crippen LogP contribution is -2.25. The fourth-order valence-electron chi connectivity index (χ4n) is 3.59. The Morgan fingerprint density at radius 3 is 2.44 bits per heavy atom. The van der Waals surface area contributed by atoms with Crippen LogP contribution in [0.1, 0.15) is 24.5 Å². The zero-order valence-corrected chi connectivity index (χ0v) is 19.6. The maximum atomic E-state index is 13.2. The topological polar surface area (TPSA) is 55.8 Å². The van der Waals surface area contributed by atoms with E-state index in [0.29, 0.717) is 36.4 Å². The third-order valence-electron chi connectivity index (χ3n) is 5.35. The molecule has 0 aliphatic carbocycles. The van der Waals surface area contributed by atoms with Crippen molar-refractivity contribution in [3.8, 4) is 5.75 Å². The normalized spacial score (nSPS) is 15.1. The van der Waals surface area contributed by atoms with Crippen molar-refractivity contribution in [2.75, 3.05) is 13.7 Å². The van der Waals surface area contributed by atoms with Crippen LogP contribution in [0.5, 0.6) is 5.75 Å². The second-order valence-corrected chi connectivity index (χ2v) is 7.65. The largest absolute Gasteiger partial charge is 0.489 e. The molecule has 0 fully saturated rings. The highest BCUT2D eigenvalue weighted by atomic mass is 16.5. The third-order valence-corrected chi connectivity index (χ3v) is 5.35. The van der Waals surface area contributed by atoms with Gasteiger partial charge in [0.05, 0.1) is 18.3 Å². The predicted octanol–water partition coefficient (Wildman–Crippen LogP) is 5.63. The van der Waals surface area contributed by atoms with Gasteiger partial charge >= 0.3 is 5.97 Å². The van der Waals surface area contributed by atoms with Crippen LogP contribution in [0.2, 0.25) is 0 Å². The summed E-state index contributed by atoms with van der Waals surface area (Å²) in [6, 6.07) is 17.4. The Kier molecular flexibility index (Phi) is 8.81. The van der Waals surface area contributed by atoms with Crippen molar-refractivity contribution in [1.29, 1.82) is 0 Å². The quantitative estimate of drug-likeness (QED) is 0.265. The maximum Gasteiger partial charge on any atom is 0.340 e. The molecule has 0 saturated carbocycles. The van der Waals surface area contributed by atoms with E-state index in [-0.39, 0.29) is 5.91 Å². The molecule has 0 N–H and O–H groups in total. The molecular weight excluding hydrogens is 426 g/mol. The van der Waals surface area contributed by atoms with Gasteiger partial charge in [-0.25, -0.2) is 4.79 Å². The van der Waals surface area contributed by atoms with Crippen molar-refractivity contribution < 1.29 is 19.1 Å². The van der Waals surface area contributed by atoms with Crippen LogP contribution in [0.3, 0.4) is 0 Å². The van der Waals surface area contributed by atoms with Crippen LogP contribution in [0.15, 0.2) is 108 Å². The van der Waals surface area contributed by atoms with Crippen molar-refractivity contribution in [1.82, 2.24) is 4.90 Å².